The summed E-state index contributed by atoms with van der Waals surface area (Å²) in [4.78, 5) is 152. The van der Waals surface area contributed by atoms with Crippen molar-refractivity contribution in [2.75, 3.05) is 26.2 Å². The molecule has 12 rings (SSSR count). The maximum absolute atomic E-state index is 15.1. The summed E-state index contributed by atoms with van der Waals surface area (Å²) in [5.74, 6) is -10.2. The number of amides is 6. The molecule has 660 valence electrons. The minimum atomic E-state index is -2.62. The van der Waals surface area contributed by atoms with Crippen molar-refractivity contribution in [3.05, 3.63) is 118 Å². The molecule has 8 N–H and O–H groups in total. The highest BCUT2D eigenvalue weighted by Gasteiger charge is 2.46. The van der Waals surface area contributed by atoms with Crippen LogP contribution in [0.5, 0.6) is 0 Å². The summed E-state index contributed by atoms with van der Waals surface area (Å²) in [7, 11) is 0. The first-order valence-corrected chi connectivity index (χ1v) is 43.0. The van der Waals surface area contributed by atoms with Gasteiger partial charge in [0.1, 0.15) is 59.1 Å². The van der Waals surface area contributed by atoms with E-state index in [1.54, 1.807) is 55.4 Å². The Kier molecular flexibility index (Phi) is 27.0. The quantitative estimate of drug-likeness (QED) is 0.0137. The van der Waals surface area contributed by atoms with Gasteiger partial charge in [0, 0.05) is 167 Å². The van der Waals surface area contributed by atoms with Crippen LogP contribution in [-0.4, -0.2) is 196 Å². The highest BCUT2D eigenvalue weighted by atomic mass is 19.1. The topological polar surface area (TPSA) is 330 Å². The monoisotopic (exact) mass is 1700 g/mol. The van der Waals surface area contributed by atoms with Gasteiger partial charge in [0.05, 0.1) is 48.1 Å². The van der Waals surface area contributed by atoms with E-state index in [1.807, 2.05) is 27.7 Å². The molecule has 122 heavy (non-hydrogen) atoms. The van der Waals surface area contributed by atoms with Gasteiger partial charge in [-0.2, -0.15) is 0 Å². The molecule has 4 aromatic heterocycles. The maximum atomic E-state index is 15.1. The van der Waals surface area contributed by atoms with Crippen molar-refractivity contribution in [2.45, 2.75) is 273 Å². The Hall–Kier alpha value is -10.2. The summed E-state index contributed by atoms with van der Waals surface area (Å²) in [5.41, 5.74) is -0.220. The van der Waals surface area contributed by atoms with Gasteiger partial charge in [-0.25, -0.2) is 17.6 Å². The van der Waals surface area contributed by atoms with E-state index in [2.05, 4.69) is 30.6 Å². The summed E-state index contributed by atoms with van der Waals surface area (Å²) in [6.45, 7) is 22.9. The molecule has 4 aliphatic rings. The molecule has 0 aliphatic carbocycles. The number of ketones is 2. The number of fused-ring (bicyclic) bond motifs is 4. The van der Waals surface area contributed by atoms with Crippen LogP contribution < -0.4 is 10.6 Å². The van der Waals surface area contributed by atoms with Gasteiger partial charge >= 0.3 is 11.9 Å². The number of benzene rings is 4. The summed E-state index contributed by atoms with van der Waals surface area (Å²) >= 11 is 0. The molecule has 0 saturated carbocycles. The van der Waals surface area contributed by atoms with E-state index in [0.717, 1.165) is 48.5 Å². The second-order valence-corrected chi connectivity index (χ2v) is 33.3. The van der Waals surface area contributed by atoms with Crippen LogP contribution in [0.25, 0.3) is 66.4 Å². The third-order valence-corrected chi connectivity index (χ3v) is 24.7. The fraction of sp³-hybridized carbons (Fsp3) is 0.553. The predicted molar refractivity (Wildman–Crippen MR) is 458 cm³/mol. The van der Waals surface area contributed by atoms with E-state index in [0.29, 0.717) is 32.1 Å². The molecular weight excluding hydrogens is 1570 g/mol. The van der Waals surface area contributed by atoms with Crippen molar-refractivity contribution in [3.8, 4) is 22.8 Å². The molecule has 4 aliphatic heterocycles. The first kappa shape index (κ1) is 81.4. The molecule has 24 nitrogen and oxygen atoms in total. The van der Waals surface area contributed by atoms with Crippen molar-refractivity contribution in [1.29, 1.82) is 0 Å². The third-order valence-electron chi connectivity index (χ3n) is 24.7. The first-order chi connectivity index (χ1) is 61.2. The summed E-state index contributed by atoms with van der Waals surface area (Å²) in [6.07, 6.45) is -12.3. The Labute approximate surface area is 721 Å². The molecule has 8 heterocycles. The highest BCUT2D eigenvalue weighted by Crippen LogP contribution is 2.44. The van der Waals surface area contributed by atoms with Crippen LogP contribution in [0.15, 0.2) is 72.8 Å². The number of nitrogens with one attached hydrogen (secondary N) is 6. The molecule has 4 fully saturated rings. The Balaban J connectivity index is 0.000000252. The number of hydrogen-bond acceptors (Lipinski definition) is 14. The van der Waals surface area contributed by atoms with Gasteiger partial charge in [0.15, 0.2) is 0 Å². The van der Waals surface area contributed by atoms with E-state index in [9.17, 15) is 77.9 Å². The Morgan fingerprint density at radius 1 is 0.402 bits per heavy atom. The normalized spacial score (nSPS) is 22.6. The molecule has 0 bridgehead atoms. The zero-order chi connectivity index (χ0) is 95.7. The smallest absolute Gasteiger partial charge is 0.302 e. The standard InChI is InChI=1S/C49H63F2N5O8.C45H59F2N5O6/c1-9-26(5)44(59)17-30(11-3)48(61)55-24-35(63-28(7)57)20-33(55)22-39-37-15-13-31(50)18-42(37)52-45(39)46-40(38-16-14-32(51)19-43(38)53-46)23-34-21-36(64-29(8)58)25-56(34)49(62)41(12-4)54-47(60)27(6)10-2;1-7-24(5)40(55)15-26(9-3)44(57)51-22-31(53)18-29(51)20-35-33-13-11-27(46)16-38(33)48-41(35)42-36(34-14-12-28(47)17-39(34)49-42)21-30-19-32(54)23-52(30)45(58)37(10-4)50-43(56)25(6)8-2/h13-16,18-19,26-27,30,33-36,41,52-53H,9-12,17,20-25H2,1-8H3,(H,54,60);11-14,16-17,24-26,29-32,37,48-49,53-54H,7-10,15,18-23H2,1-6H3,(H,50,56)/t26-,27-,30-,33+,34+,35+,36+,41+;24-,25-,26-,29+,30+,31+,32+,37+/m11/s1/i22D2,23D2;20D2,21D2. The molecule has 0 unspecified atom stereocenters. The number of H-pyrrole nitrogens is 4. The number of rotatable bonds is 34. The molecule has 8 aromatic rings. The summed E-state index contributed by atoms with van der Waals surface area (Å²) in [6, 6.07) is 7.15. The molecule has 16 atom stereocenters. The van der Waals surface area contributed by atoms with E-state index in [4.69, 9.17) is 9.47 Å². The predicted octanol–water partition coefficient (Wildman–Crippen LogP) is 14.3. The average molecular weight is 1700 g/mol. The number of ether oxygens (including phenoxy) is 2. The van der Waals surface area contributed by atoms with Crippen LogP contribution in [-0.2, 0) is 82.9 Å². The molecule has 0 radical (unpaired) electrons. The van der Waals surface area contributed by atoms with Gasteiger partial charge in [-0.15, -0.1) is 0 Å². The van der Waals surface area contributed by atoms with E-state index in [1.165, 1.54) is 57.7 Å². The molecular formula is C94H122F4N10O14. The number of likely N-dealkylation sites (tertiary alicyclic amines) is 4. The SMILES string of the molecule is [2H]C([2H])(c1c(-c2[nH]c3cc(F)ccc3c2C([2H])([2H])[C@@H]2C[C@H](O)CN2C(=O)[C@H](CC)NC(=O)[C@H](C)CC)[nH]c2cc(F)ccc12)[C@@H]1C[C@H](O)CN1C(=O)[C@H](CC)CC(=O)[C@H](C)CC.[2H]C([2H])(c1c(-c2[nH]c3cc(F)ccc3c2C([2H])([2H])[C@@H]2C[C@H](OC(C)=O)CN2C(=O)[C@H](CC)NC(=O)[C@H](C)CC)[nH]c2cc(F)ccc12)[C@@H]1C[C@H](OC(C)=O)CN1C(=O)[C@H](CC)CC(=O)[C@H](C)CC. The molecule has 0 spiro atoms. The number of carbonyl (C=O) groups is 10. The lowest BCUT2D eigenvalue weighted by Crippen LogP contribution is -2.51. The number of aromatic amines is 4. The zero-order valence-corrected chi connectivity index (χ0v) is 72.0. The van der Waals surface area contributed by atoms with Crippen LogP contribution in [0, 0.1) is 58.8 Å². The Morgan fingerprint density at radius 3 is 0.943 bits per heavy atom. The zero-order valence-electron chi connectivity index (χ0n) is 80.0. The minimum Gasteiger partial charge on any atom is -0.461 e. The summed E-state index contributed by atoms with van der Waals surface area (Å²) < 4.78 is 151. The Morgan fingerprint density at radius 2 is 0.672 bits per heavy atom. The van der Waals surface area contributed by atoms with E-state index in [-0.39, 0.29) is 214 Å². The van der Waals surface area contributed by atoms with Crippen molar-refractivity contribution >= 4 is 103 Å². The maximum Gasteiger partial charge on any atom is 0.302 e. The Bertz CT molecular complexity index is 5250. The van der Waals surface area contributed by atoms with Crippen LogP contribution in [0.2, 0.25) is 0 Å². The van der Waals surface area contributed by atoms with Gasteiger partial charge in [-0.05, 0) is 185 Å². The van der Waals surface area contributed by atoms with Crippen molar-refractivity contribution in [2.24, 2.45) is 35.5 Å². The van der Waals surface area contributed by atoms with Crippen molar-refractivity contribution in [1.82, 2.24) is 50.2 Å². The van der Waals surface area contributed by atoms with Gasteiger partial charge in [-0.1, -0.05) is 83.1 Å². The fourth-order valence-corrected chi connectivity index (χ4v) is 16.8. The molecule has 4 aromatic carbocycles. The lowest BCUT2D eigenvalue weighted by Gasteiger charge is -2.30. The van der Waals surface area contributed by atoms with Gasteiger partial charge in [-0.3, -0.25) is 47.9 Å². The lowest BCUT2D eigenvalue weighted by atomic mass is 9.90. The highest BCUT2D eigenvalue weighted by molar-refractivity contribution is 5.99. The number of hydrogen-bond donors (Lipinski definition) is 8. The van der Waals surface area contributed by atoms with Crippen LogP contribution in [0.1, 0.15) is 220 Å². The van der Waals surface area contributed by atoms with Crippen molar-refractivity contribution < 1.29 is 96.2 Å². The lowest BCUT2D eigenvalue weighted by molar-refractivity contribution is -0.147. The second-order valence-electron chi connectivity index (χ2n) is 33.3. The van der Waals surface area contributed by atoms with Crippen molar-refractivity contribution in [3.63, 3.8) is 0 Å². The van der Waals surface area contributed by atoms with Crippen LogP contribution >= 0.6 is 0 Å². The molecule has 6 amide bonds. The van der Waals surface area contributed by atoms with Gasteiger partial charge < -0.3 is 69.9 Å². The molecule has 28 heteroatoms. The largest absolute Gasteiger partial charge is 0.461 e. The van der Waals surface area contributed by atoms with E-state index >= 15 is 8.78 Å². The van der Waals surface area contributed by atoms with Gasteiger partial charge in [0.25, 0.3) is 0 Å². The number of aliphatic hydroxyl groups excluding tert-OH is 2. The first-order valence-electron chi connectivity index (χ1n) is 47.0. The molecule has 4 saturated heterocycles. The second kappa shape index (κ2) is 40.4. The third kappa shape index (κ3) is 20.8. The number of nitrogens with zero attached hydrogens (tertiary/aromatic N) is 4. The van der Waals surface area contributed by atoms with Crippen LogP contribution in [0.3, 0.4) is 0 Å². The summed E-state index contributed by atoms with van der Waals surface area (Å²) in [5, 5.41) is 28.4. The number of aromatic nitrogens is 4. The fourth-order valence-electron chi connectivity index (χ4n) is 16.8. The minimum absolute atomic E-state index is 0.0393. The number of aliphatic hydroxyl groups is 2. The number of esters is 2. The number of carbonyl (C=O) groups excluding carboxylic acids is 10. The number of β-amino-alcohol motifs (C(OH)–C–C–N with tert-alkyl or cyclic N) is 2. The van der Waals surface area contributed by atoms with E-state index < -0.39 is 163 Å². The number of Topliss-reactive ketones (excluding diaryl/α,β-unsaturated/α-hetero) is 2. The number of halogens is 4. The average Bonchev–Trinajstić information content (AvgIpc) is 1.55. The van der Waals surface area contributed by atoms with Gasteiger partial charge in [0.2, 0.25) is 35.4 Å². The van der Waals surface area contributed by atoms with Crippen LogP contribution in [0.4, 0.5) is 17.6 Å².